The Labute approximate surface area is 114 Å². The molecule has 0 saturated carbocycles. The molecule has 2 aromatic rings. The van der Waals surface area contributed by atoms with Crippen LogP contribution >= 0.6 is 0 Å². The monoisotopic (exact) mass is 284 g/mol. The van der Waals surface area contributed by atoms with Gasteiger partial charge in [-0.2, -0.15) is 18.3 Å². The zero-order valence-corrected chi connectivity index (χ0v) is 11.1. The Balaban J connectivity index is 2.35. The highest BCUT2D eigenvalue weighted by molar-refractivity contribution is 5.33. The third kappa shape index (κ3) is 2.98. The predicted molar refractivity (Wildman–Crippen MR) is 68.0 cm³/mol. The molecule has 0 spiro atoms. The van der Waals surface area contributed by atoms with Crippen LogP contribution in [0.25, 0.3) is 0 Å². The van der Waals surface area contributed by atoms with E-state index < -0.39 is 17.8 Å². The molecule has 0 fully saturated rings. The summed E-state index contributed by atoms with van der Waals surface area (Å²) in [7, 11) is 3.35. The van der Waals surface area contributed by atoms with E-state index in [0.717, 1.165) is 6.07 Å². The lowest BCUT2D eigenvalue weighted by atomic mass is 9.97. The van der Waals surface area contributed by atoms with Crippen LogP contribution in [0.15, 0.2) is 30.6 Å². The zero-order valence-electron chi connectivity index (χ0n) is 11.1. The fourth-order valence-electron chi connectivity index (χ4n) is 2.11. The van der Waals surface area contributed by atoms with Gasteiger partial charge in [0, 0.05) is 19.5 Å². The minimum absolute atomic E-state index is 0.213. The summed E-state index contributed by atoms with van der Waals surface area (Å²) >= 11 is 0. The van der Waals surface area contributed by atoms with Crippen molar-refractivity contribution in [2.75, 3.05) is 7.05 Å². The van der Waals surface area contributed by atoms with Gasteiger partial charge in [-0.3, -0.25) is 4.68 Å². The van der Waals surface area contributed by atoms with Crippen molar-refractivity contribution in [3.63, 3.8) is 0 Å². The number of aryl methyl sites for hydroxylation is 1. The highest BCUT2D eigenvalue weighted by Gasteiger charge is 2.34. The Morgan fingerprint density at radius 3 is 2.55 bits per heavy atom. The number of nitrogens with zero attached hydrogens (tertiary/aromatic N) is 3. The molecule has 0 aliphatic rings. The molecule has 108 valence electrons. The number of rotatable bonds is 4. The maximum Gasteiger partial charge on any atom is 0.416 e. The van der Waals surface area contributed by atoms with Crippen LogP contribution in [0.3, 0.4) is 0 Å². The van der Waals surface area contributed by atoms with Crippen LogP contribution in [0.2, 0.25) is 0 Å². The van der Waals surface area contributed by atoms with E-state index in [1.165, 1.54) is 18.5 Å². The van der Waals surface area contributed by atoms with E-state index >= 15 is 0 Å². The van der Waals surface area contributed by atoms with E-state index in [2.05, 4.69) is 15.4 Å². The lowest BCUT2D eigenvalue weighted by molar-refractivity contribution is -0.138. The second kappa shape index (κ2) is 5.62. The lowest BCUT2D eigenvalue weighted by Gasteiger charge is -2.20. The molecule has 1 N–H and O–H groups in total. The van der Waals surface area contributed by atoms with Crippen molar-refractivity contribution in [3.8, 4) is 0 Å². The van der Waals surface area contributed by atoms with Gasteiger partial charge in [-0.15, -0.1) is 0 Å². The normalized spacial score (nSPS) is 13.4. The van der Waals surface area contributed by atoms with Crippen molar-refractivity contribution in [2.45, 2.75) is 18.6 Å². The molecule has 20 heavy (non-hydrogen) atoms. The first-order valence-electron chi connectivity index (χ1n) is 6.09. The van der Waals surface area contributed by atoms with Crippen molar-refractivity contribution >= 4 is 0 Å². The fourth-order valence-corrected chi connectivity index (χ4v) is 2.11. The molecule has 1 aromatic carbocycles. The summed E-state index contributed by atoms with van der Waals surface area (Å²) in [4.78, 5) is 4.05. The molecule has 1 aromatic heterocycles. The second-order valence-electron chi connectivity index (χ2n) is 4.43. The molecule has 1 unspecified atom stereocenters. The van der Waals surface area contributed by atoms with Gasteiger partial charge >= 0.3 is 6.18 Å². The number of halogens is 3. The van der Waals surface area contributed by atoms with Crippen molar-refractivity contribution < 1.29 is 13.2 Å². The Bertz CT molecular complexity index is 577. The van der Waals surface area contributed by atoms with E-state index in [4.69, 9.17) is 0 Å². The number of alkyl halides is 3. The van der Waals surface area contributed by atoms with Crippen molar-refractivity contribution in [3.05, 3.63) is 47.5 Å². The van der Waals surface area contributed by atoms with Gasteiger partial charge in [0.2, 0.25) is 0 Å². The Morgan fingerprint density at radius 1 is 1.30 bits per heavy atom. The molecule has 7 heteroatoms. The second-order valence-corrected chi connectivity index (χ2v) is 4.43. The molecule has 2 rings (SSSR count). The van der Waals surface area contributed by atoms with Gasteiger partial charge in [0.15, 0.2) is 0 Å². The smallest absolute Gasteiger partial charge is 0.313 e. The van der Waals surface area contributed by atoms with Crippen LogP contribution in [0, 0.1) is 0 Å². The van der Waals surface area contributed by atoms with Crippen LogP contribution in [0.1, 0.15) is 23.0 Å². The van der Waals surface area contributed by atoms with Gasteiger partial charge < -0.3 is 5.32 Å². The quantitative estimate of drug-likeness (QED) is 0.937. The number of hydrogen-bond acceptors (Lipinski definition) is 3. The molecular formula is C13H15F3N4. The zero-order chi connectivity index (χ0) is 14.8. The van der Waals surface area contributed by atoms with E-state index in [1.54, 1.807) is 24.8 Å². The van der Waals surface area contributed by atoms with Crippen molar-refractivity contribution in [2.24, 2.45) is 7.05 Å². The Kier molecular flexibility index (Phi) is 4.08. The molecule has 0 aliphatic heterocycles. The molecule has 0 aliphatic carbocycles. The van der Waals surface area contributed by atoms with Gasteiger partial charge in [-0.05, 0) is 18.7 Å². The van der Waals surface area contributed by atoms with Gasteiger partial charge in [0.25, 0.3) is 0 Å². The summed E-state index contributed by atoms with van der Waals surface area (Å²) in [5.74, 6) is 0.626. The van der Waals surface area contributed by atoms with Crippen LogP contribution < -0.4 is 5.32 Å². The lowest BCUT2D eigenvalue weighted by Crippen LogP contribution is -2.24. The molecule has 0 amide bonds. The average molecular weight is 284 g/mol. The number of nitrogens with one attached hydrogen (secondary N) is 1. The summed E-state index contributed by atoms with van der Waals surface area (Å²) in [6, 6.07) is 5.10. The first kappa shape index (κ1) is 14.5. The van der Waals surface area contributed by atoms with Crippen LogP contribution in [-0.2, 0) is 19.6 Å². The standard InChI is InChI=1S/C13H15F3N4/c1-17-11(7-12-18-8-19-20(12)2)9-5-3-4-6-10(9)13(14,15)16/h3-6,8,11,17H,7H2,1-2H3. The third-order valence-electron chi connectivity index (χ3n) is 3.18. The van der Waals surface area contributed by atoms with E-state index in [1.807, 2.05) is 0 Å². The van der Waals surface area contributed by atoms with Crippen molar-refractivity contribution in [1.82, 2.24) is 20.1 Å². The predicted octanol–water partition coefficient (Wildman–Crippen LogP) is 2.34. The minimum atomic E-state index is -4.37. The minimum Gasteiger partial charge on any atom is -0.313 e. The topological polar surface area (TPSA) is 42.7 Å². The van der Waals surface area contributed by atoms with Gasteiger partial charge in [0.1, 0.15) is 12.2 Å². The van der Waals surface area contributed by atoms with Crippen LogP contribution in [0.5, 0.6) is 0 Å². The maximum atomic E-state index is 13.0. The molecule has 0 saturated heterocycles. The number of benzene rings is 1. The first-order valence-corrected chi connectivity index (χ1v) is 6.09. The van der Waals surface area contributed by atoms with Gasteiger partial charge in [-0.1, -0.05) is 18.2 Å². The summed E-state index contributed by atoms with van der Waals surface area (Å²) in [5.41, 5.74) is -0.410. The number of aromatic nitrogens is 3. The fraction of sp³-hybridized carbons (Fsp3) is 0.385. The summed E-state index contributed by atoms with van der Waals surface area (Å²) in [6.07, 6.45) is -2.65. The first-order chi connectivity index (χ1) is 9.43. The summed E-state index contributed by atoms with van der Waals surface area (Å²) < 4.78 is 40.7. The molecule has 4 nitrogen and oxygen atoms in total. The molecule has 0 radical (unpaired) electrons. The molecule has 1 atom stereocenters. The third-order valence-corrected chi connectivity index (χ3v) is 3.18. The summed E-state index contributed by atoms with van der Waals surface area (Å²) in [5, 5.41) is 6.84. The van der Waals surface area contributed by atoms with Crippen LogP contribution in [0.4, 0.5) is 13.2 Å². The number of likely N-dealkylation sites (N-methyl/N-ethyl adjacent to an activating group) is 1. The average Bonchev–Trinajstić information content (AvgIpc) is 2.80. The van der Waals surface area contributed by atoms with Gasteiger partial charge in [-0.25, -0.2) is 4.98 Å². The maximum absolute atomic E-state index is 13.0. The highest BCUT2D eigenvalue weighted by Crippen LogP contribution is 2.35. The van der Waals surface area contributed by atoms with Crippen molar-refractivity contribution in [1.29, 1.82) is 0 Å². The Morgan fingerprint density at radius 2 is 2.00 bits per heavy atom. The Hall–Kier alpha value is -1.89. The van der Waals surface area contributed by atoms with Gasteiger partial charge in [0.05, 0.1) is 5.56 Å². The number of hydrogen-bond donors (Lipinski definition) is 1. The van der Waals surface area contributed by atoms with E-state index in [9.17, 15) is 13.2 Å². The molecule has 1 heterocycles. The van der Waals surface area contributed by atoms with E-state index in [0.29, 0.717) is 12.2 Å². The molecule has 0 bridgehead atoms. The van der Waals surface area contributed by atoms with E-state index in [-0.39, 0.29) is 5.56 Å². The van der Waals surface area contributed by atoms with Crippen LogP contribution in [-0.4, -0.2) is 21.8 Å². The SMILES string of the molecule is CNC(Cc1ncnn1C)c1ccccc1C(F)(F)F. The highest BCUT2D eigenvalue weighted by atomic mass is 19.4. The molecular weight excluding hydrogens is 269 g/mol. The summed E-state index contributed by atoms with van der Waals surface area (Å²) in [6.45, 7) is 0. The largest absolute Gasteiger partial charge is 0.416 e.